The lowest BCUT2D eigenvalue weighted by molar-refractivity contribution is -0.134. The monoisotopic (exact) mass is 398 g/mol. The Hall–Kier alpha value is -1.95. The molecule has 0 radical (unpaired) electrons. The molecule has 0 unspecified atom stereocenters. The Morgan fingerprint density at radius 2 is 1.86 bits per heavy atom. The number of hydrogen-bond donors (Lipinski definition) is 1. The second-order valence-corrected chi connectivity index (χ2v) is 8.88. The van der Waals surface area contributed by atoms with Crippen LogP contribution in [-0.4, -0.2) is 65.4 Å². The third-order valence-electron chi connectivity index (χ3n) is 6.68. The molecule has 0 aromatic carbocycles. The van der Waals surface area contributed by atoms with Gasteiger partial charge in [-0.05, 0) is 70.0 Å². The zero-order valence-electron chi connectivity index (χ0n) is 17.4. The molecule has 3 heterocycles. The van der Waals surface area contributed by atoms with Crippen molar-refractivity contribution in [1.29, 1.82) is 0 Å². The van der Waals surface area contributed by atoms with E-state index in [2.05, 4.69) is 20.1 Å². The number of likely N-dealkylation sites (tertiary alicyclic amines) is 2. The molecule has 1 atom stereocenters. The standard InChI is InChI=1S/C23H34N4O2/c28-22(25-13-3-7-20-6-1-2-12-24-20)19-5-4-14-27(17-19)21-10-15-26(16-11-21)23(29)18-8-9-18/h1-2,6,12,18-19,21H,3-5,7-11,13-17H2,(H,25,28)/t19-/m1/s1. The van der Waals surface area contributed by atoms with E-state index < -0.39 is 0 Å². The molecular weight excluding hydrogens is 364 g/mol. The summed E-state index contributed by atoms with van der Waals surface area (Å²) in [7, 11) is 0. The van der Waals surface area contributed by atoms with Crippen LogP contribution in [0.2, 0.25) is 0 Å². The molecule has 2 amide bonds. The Labute approximate surface area is 174 Å². The van der Waals surface area contributed by atoms with Crippen LogP contribution in [0.1, 0.15) is 50.6 Å². The van der Waals surface area contributed by atoms with Gasteiger partial charge in [-0.2, -0.15) is 0 Å². The van der Waals surface area contributed by atoms with E-state index in [0.717, 1.165) is 83.2 Å². The topological polar surface area (TPSA) is 65.5 Å². The zero-order chi connectivity index (χ0) is 20.1. The quantitative estimate of drug-likeness (QED) is 0.716. The average molecular weight is 399 g/mol. The molecule has 1 N–H and O–H groups in total. The third kappa shape index (κ3) is 5.56. The first-order chi connectivity index (χ1) is 14.2. The molecule has 29 heavy (non-hydrogen) atoms. The van der Waals surface area contributed by atoms with Crippen molar-refractivity contribution in [3.8, 4) is 0 Å². The van der Waals surface area contributed by atoms with E-state index in [4.69, 9.17) is 0 Å². The number of nitrogens with zero attached hydrogens (tertiary/aromatic N) is 3. The Kier molecular flexibility index (Phi) is 6.80. The number of hydrogen-bond acceptors (Lipinski definition) is 4. The molecule has 2 saturated heterocycles. The second kappa shape index (κ2) is 9.70. The molecule has 3 fully saturated rings. The largest absolute Gasteiger partial charge is 0.356 e. The second-order valence-electron chi connectivity index (χ2n) is 8.88. The number of aromatic nitrogens is 1. The van der Waals surface area contributed by atoms with E-state index in [1.807, 2.05) is 24.4 Å². The van der Waals surface area contributed by atoms with Crippen LogP contribution in [0.3, 0.4) is 0 Å². The minimum atomic E-state index is 0.102. The van der Waals surface area contributed by atoms with Crippen molar-refractivity contribution < 1.29 is 9.59 Å². The lowest BCUT2D eigenvalue weighted by Gasteiger charge is -2.42. The lowest BCUT2D eigenvalue weighted by atomic mass is 9.93. The van der Waals surface area contributed by atoms with E-state index in [0.29, 0.717) is 24.4 Å². The highest BCUT2D eigenvalue weighted by molar-refractivity contribution is 5.81. The normalized spacial score (nSPS) is 23.7. The summed E-state index contributed by atoms with van der Waals surface area (Å²) >= 11 is 0. The third-order valence-corrected chi connectivity index (χ3v) is 6.68. The first kappa shape index (κ1) is 20.3. The van der Waals surface area contributed by atoms with Crippen LogP contribution in [0.4, 0.5) is 0 Å². The van der Waals surface area contributed by atoms with E-state index in [9.17, 15) is 9.59 Å². The molecular formula is C23H34N4O2. The number of pyridine rings is 1. The van der Waals surface area contributed by atoms with Gasteiger partial charge in [0.05, 0.1) is 5.92 Å². The summed E-state index contributed by atoms with van der Waals surface area (Å²) in [5, 5.41) is 3.14. The molecule has 0 bridgehead atoms. The number of nitrogens with one attached hydrogen (secondary N) is 1. The Bertz CT molecular complexity index is 683. The summed E-state index contributed by atoms with van der Waals surface area (Å²) < 4.78 is 0. The van der Waals surface area contributed by atoms with Crippen molar-refractivity contribution >= 4 is 11.8 Å². The molecule has 6 heteroatoms. The summed E-state index contributed by atoms with van der Waals surface area (Å²) in [6, 6.07) is 6.49. The number of amides is 2. The number of carbonyl (C=O) groups excluding carboxylic acids is 2. The van der Waals surface area contributed by atoms with Crippen LogP contribution in [0.5, 0.6) is 0 Å². The molecule has 1 aliphatic carbocycles. The van der Waals surface area contributed by atoms with Crippen LogP contribution in [0.25, 0.3) is 0 Å². The van der Waals surface area contributed by atoms with Crippen LogP contribution < -0.4 is 5.32 Å². The van der Waals surface area contributed by atoms with Crippen LogP contribution in [0, 0.1) is 11.8 Å². The first-order valence-corrected chi connectivity index (χ1v) is 11.4. The maximum Gasteiger partial charge on any atom is 0.225 e. The summed E-state index contributed by atoms with van der Waals surface area (Å²) in [5.74, 6) is 1.01. The van der Waals surface area contributed by atoms with Crippen LogP contribution in [0.15, 0.2) is 24.4 Å². The van der Waals surface area contributed by atoms with Crippen molar-refractivity contribution in [3.05, 3.63) is 30.1 Å². The minimum absolute atomic E-state index is 0.102. The molecule has 1 saturated carbocycles. The van der Waals surface area contributed by atoms with Gasteiger partial charge in [-0.25, -0.2) is 0 Å². The van der Waals surface area contributed by atoms with Gasteiger partial charge >= 0.3 is 0 Å². The van der Waals surface area contributed by atoms with E-state index in [-0.39, 0.29) is 11.8 Å². The predicted octanol–water partition coefficient (Wildman–Crippen LogP) is 2.24. The van der Waals surface area contributed by atoms with Crippen molar-refractivity contribution in [3.63, 3.8) is 0 Å². The number of piperidine rings is 2. The van der Waals surface area contributed by atoms with Crippen molar-refractivity contribution in [2.75, 3.05) is 32.7 Å². The van der Waals surface area contributed by atoms with Crippen molar-refractivity contribution in [2.24, 2.45) is 11.8 Å². The molecule has 6 nitrogen and oxygen atoms in total. The molecule has 1 aromatic heterocycles. The molecule has 158 valence electrons. The van der Waals surface area contributed by atoms with Gasteiger partial charge in [0.2, 0.25) is 11.8 Å². The summed E-state index contributed by atoms with van der Waals surface area (Å²) in [5.41, 5.74) is 1.08. The Morgan fingerprint density at radius 1 is 1.03 bits per heavy atom. The highest BCUT2D eigenvalue weighted by Crippen LogP contribution is 2.32. The minimum Gasteiger partial charge on any atom is -0.356 e. The molecule has 2 aliphatic heterocycles. The molecule has 1 aromatic rings. The van der Waals surface area contributed by atoms with Gasteiger partial charge in [-0.15, -0.1) is 0 Å². The summed E-state index contributed by atoms with van der Waals surface area (Å²) in [6.45, 7) is 4.45. The van der Waals surface area contributed by atoms with Crippen LogP contribution in [-0.2, 0) is 16.0 Å². The van der Waals surface area contributed by atoms with Gasteiger partial charge in [-0.1, -0.05) is 6.07 Å². The molecule has 0 spiro atoms. The smallest absolute Gasteiger partial charge is 0.225 e. The van der Waals surface area contributed by atoms with Gasteiger partial charge in [-0.3, -0.25) is 19.5 Å². The fraction of sp³-hybridized carbons (Fsp3) is 0.696. The number of aryl methyl sites for hydroxylation is 1. The highest BCUT2D eigenvalue weighted by Gasteiger charge is 2.37. The zero-order valence-corrected chi connectivity index (χ0v) is 17.4. The van der Waals surface area contributed by atoms with Crippen LogP contribution >= 0.6 is 0 Å². The van der Waals surface area contributed by atoms with E-state index in [1.165, 1.54) is 0 Å². The maximum absolute atomic E-state index is 12.7. The van der Waals surface area contributed by atoms with E-state index >= 15 is 0 Å². The summed E-state index contributed by atoms with van der Waals surface area (Å²) in [6.07, 6.45) is 10.00. The van der Waals surface area contributed by atoms with Gasteiger partial charge < -0.3 is 10.2 Å². The predicted molar refractivity (Wildman–Crippen MR) is 112 cm³/mol. The maximum atomic E-state index is 12.7. The summed E-state index contributed by atoms with van der Waals surface area (Å²) in [4.78, 5) is 33.8. The molecule has 3 aliphatic rings. The van der Waals surface area contributed by atoms with Gasteiger partial charge in [0.1, 0.15) is 0 Å². The van der Waals surface area contributed by atoms with Gasteiger partial charge in [0, 0.05) is 50.0 Å². The lowest BCUT2D eigenvalue weighted by Crippen LogP contribution is -2.51. The fourth-order valence-corrected chi connectivity index (χ4v) is 4.76. The average Bonchev–Trinajstić information content (AvgIpc) is 3.62. The van der Waals surface area contributed by atoms with Crippen molar-refractivity contribution in [2.45, 2.75) is 57.4 Å². The fourth-order valence-electron chi connectivity index (χ4n) is 4.76. The number of rotatable bonds is 7. The SMILES string of the molecule is O=C(NCCCc1ccccn1)[C@@H]1CCCN(C2CCN(C(=O)C3CC3)CC2)C1. The van der Waals surface area contributed by atoms with E-state index in [1.54, 1.807) is 0 Å². The number of carbonyl (C=O) groups is 2. The molecule has 4 rings (SSSR count). The Morgan fingerprint density at radius 3 is 2.59 bits per heavy atom. The van der Waals surface area contributed by atoms with Crippen molar-refractivity contribution in [1.82, 2.24) is 20.1 Å². The highest BCUT2D eigenvalue weighted by atomic mass is 16.2. The van der Waals surface area contributed by atoms with Gasteiger partial charge in [0.25, 0.3) is 0 Å². The Balaban J connectivity index is 1.17. The first-order valence-electron chi connectivity index (χ1n) is 11.4. The van der Waals surface area contributed by atoms with Gasteiger partial charge in [0.15, 0.2) is 0 Å².